The van der Waals surface area contributed by atoms with Gasteiger partial charge in [0, 0.05) is 6.92 Å². The Morgan fingerprint density at radius 1 is 1.31 bits per heavy atom. The molecule has 0 saturated carbocycles. The van der Waals surface area contributed by atoms with Gasteiger partial charge >= 0.3 is 0 Å². The number of hydrogen-bond acceptors (Lipinski definition) is 3. The molecule has 16 heavy (non-hydrogen) atoms. The van der Waals surface area contributed by atoms with Crippen LogP contribution < -0.4 is 0 Å². The van der Waals surface area contributed by atoms with Crippen molar-refractivity contribution in [1.29, 1.82) is 0 Å². The Morgan fingerprint density at radius 2 is 1.94 bits per heavy atom. The Hall–Kier alpha value is -1.19. The van der Waals surface area contributed by atoms with Crippen LogP contribution >= 0.6 is 22.9 Å². The Morgan fingerprint density at radius 3 is 2.50 bits per heavy atom. The second kappa shape index (κ2) is 4.36. The molecule has 0 fully saturated rings. The van der Waals surface area contributed by atoms with Crippen molar-refractivity contribution in [3.63, 3.8) is 0 Å². The molecule has 0 aliphatic heterocycles. The molecule has 0 spiro atoms. The minimum Gasteiger partial charge on any atom is -0.293 e. The summed E-state index contributed by atoms with van der Waals surface area (Å²) in [5.41, 5.74) is 2.63. The monoisotopic (exact) mass is 251 g/mol. The van der Waals surface area contributed by atoms with E-state index in [1.54, 1.807) is 0 Å². The molecule has 82 valence electrons. The minimum atomic E-state index is -0.0567. The molecule has 0 aliphatic carbocycles. The van der Waals surface area contributed by atoms with E-state index in [0.29, 0.717) is 10.2 Å². The molecule has 0 saturated heterocycles. The molecule has 1 aromatic heterocycles. The van der Waals surface area contributed by atoms with Crippen molar-refractivity contribution in [2.24, 2.45) is 0 Å². The third-order valence-corrected chi connectivity index (χ3v) is 3.46. The molecule has 0 bridgehead atoms. The summed E-state index contributed by atoms with van der Waals surface area (Å²) in [5, 5.41) is 0. The van der Waals surface area contributed by atoms with E-state index in [2.05, 4.69) is 4.98 Å². The van der Waals surface area contributed by atoms with E-state index >= 15 is 0 Å². The summed E-state index contributed by atoms with van der Waals surface area (Å²) in [7, 11) is 0. The number of Topliss-reactive ketones (excluding diaryl/α,β-unsaturated/α-hetero) is 1. The second-order valence-electron chi connectivity index (χ2n) is 3.57. The van der Waals surface area contributed by atoms with Crippen molar-refractivity contribution < 1.29 is 4.79 Å². The SMILES string of the molecule is CC(=O)c1nc(Cl)sc1-c1ccc(C)cc1. The van der Waals surface area contributed by atoms with Crippen LogP contribution in [-0.4, -0.2) is 10.8 Å². The number of carbonyl (C=O) groups excluding carboxylic acids is 1. The topological polar surface area (TPSA) is 30.0 Å². The normalized spacial score (nSPS) is 10.4. The predicted molar refractivity (Wildman–Crippen MR) is 67.3 cm³/mol. The smallest absolute Gasteiger partial charge is 0.184 e. The zero-order valence-corrected chi connectivity index (χ0v) is 10.5. The van der Waals surface area contributed by atoms with Crippen LogP contribution in [0.4, 0.5) is 0 Å². The number of benzene rings is 1. The number of thiazole rings is 1. The van der Waals surface area contributed by atoms with Gasteiger partial charge in [-0.15, -0.1) is 11.3 Å². The number of hydrogen-bond donors (Lipinski definition) is 0. The molecule has 2 aromatic rings. The van der Waals surface area contributed by atoms with Crippen LogP contribution in [0.3, 0.4) is 0 Å². The summed E-state index contributed by atoms with van der Waals surface area (Å²) < 4.78 is 0.403. The van der Waals surface area contributed by atoms with E-state index in [-0.39, 0.29) is 5.78 Å². The van der Waals surface area contributed by atoms with Crippen molar-refractivity contribution in [2.75, 3.05) is 0 Å². The van der Waals surface area contributed by atoms with Crippen LogP contribution in [0.5, 0.6) is 0 Å². The molecule has 0 radical (unpaired) electrons. The van der Waals surface area contributed by atoms with Gasteiger partial charge in [0.15, 0.2) is 10.3 Å². The summed E-state index contributed by atoms with van der Waals surface area (Å²) in [6, 6.07) is 7.97. The molecule has 0 atom stereocenters. The molecule has 0 unspecified atom stereocenters. The lowest BCUT2D eigenvalue weighted by molar-refractivity contribution is 0.101. The van der Waals surface area contributed by atoms with Crippen LogP contribution in [0.2, 0.25) is 4.47 Å². The van der Waals surface area contributed by atoms with Crippen molar-refractivity contribution in [3.05, 3.63) is 40.0 Å². The van der Waals surface area contributed by atoms with Crippen LogP contribution in [0.25, 0.3) is 10.4 Å². The van der Waals surface area contributed by atoms with Gasteiger partial charge in [-0.3, -0.25) is 4.79 Å². The average Bonchev–Trinajstić information content (AvgIpc) is 2.61. The first-order valence-electron chi connectivity index (χ1n) is 4.82. The van der Waals surface area contributed by atoms with Crippen molar-refractivity contribution in [1.82, 2.24) is 4.98 Å². The fourth-order valence-corrected chi connectivity index (χ4v) is 2.59. The van der Waals surface area contributed by atoms with Crippen LogP contribution in [0.15, 0.2) is 24.3 Å². The Bertz CT molecular complexity index is 530. The maximum atomic E-state index is 11.4. The Labute approximate surface area is 103 Å². The quantitative estimate of drug-likeness (QED) is 0.756. The predicted octanol–water partition coefficient (Wildman–Crippen LogP) is 3.97. The molecule has 2 nitrogen and oxygen atoms in total. The third kappa shape index (κ3) is 2.15. The second-order valence-corrected chi connectivity index (χ2v) is 5.15. The minimum absolute atomic E-state index is 0.0567. The molecule has 0 amide bonds. The zero-order valence-electron chi connectivity index (χ0n) is 8.95. The summed E-state index contributed by atoms with van der Waals surface area (Å²) >= 11 is 7.18. The van der Waals surface area contributed by atoms with E-state index in [9.17, 15) is 4.79 Å². The van der Waals surface area contributed by atoms with Gasteiger partial charge in [-0.2, -0.15) is 0 Å². The van der Waals surface area contributed by atoms with Crippen LogP contribution in [0.1, 0.15) is 23.0 Å². The highest BCUT2D eigenvalue weighted by Crippen LogP contribution is 2.33. The first-order valence-corrected chi connectivity index (χ1v) is 6.01. The first kappa shape index (κ1) is 11.3. The fraction of sp³-hybridized carbons (Fsp3) is 0.167. The molecular formula is C12H10ClNOS. The highest BCUT2D eigenvalue weighted by molar-refractivity contribution is 7.19. The summed E-state index contributed by atoms with van der Waals surface area (Å²) in [5.74, 6) is -0.0567. The lowest BCUT2D eigenvalue weighted by atomic mass is 10.1. The summed E-state index contributed by atoms with van der Waals surface area (Å²) in [4.78, 5) is 16.3. The molecule has 4 heteroatoms. The molecular weight excluding hydrogens is 242 g/mol. The van der Waals surface area contributed by atoms with E-state index < -0.39 is 0 Å². The van der Waals surface area contributed by atoms with E-state index in [1.165, 1.54) is 23.8 Å². The van der Waals surface area contributed by atoms with Crippen molar-refractivity contribution >= 4 is 28.7 Å². The van der Waals surface area contributed by atoms with Gasteiger partial charge in [0.2, 0.25) is 0 Å². The highest BCUT2D eigenvalue weighted by atomic mass is 35.5. The van der Waals surface area contributed by atoms with Crippen LogP contribution in [0, 0.1) is 6.92 Å². The number of rotatable bonds is 2. The van der Waals surface area contributed by atoms with Crippen molar-refractivity contribution in [2.45, 2.75) is 13.8 Å². The van der Waals surface area contributed by atoms with E-state index in [4.69, 9.17) is 11.6 Å². The lowest BCUT2D eigenvalue weighted by Crippen LogP contribution is -1.94. The maximum absolute atomic E-state index is 11.4. The van der Waals surface area contributed by atoms with Crippen molar-refractivity contribution in [3.8, 4) is 10.4 Å². The molecule has 1 aromatic carbocycles. The molecule has 0 aliphatic rings. The Balaban J connectivity index is 2.55. The third-order valence-electron chi connectivity index (χ3n) is 2.25. The number of aryl methyl sites for hydroxylation is 1. The van der Waals surface area contributed by atoms with E-state index in [1.807, 2.05) is 31.2 Å². The standard InChI is InChI=1S/C12H10ClNOS/c1-7-3-5-9(6-4-7)11-10(8(2)15)14-12(13)16-11/h3-6H,1-2H3. The summed E-state index contributed by atoms with van der Waals surface area (Å²) in [6.07, 6.45) is 0. The molecule has 1 heterocycles. The zero-order chi connectivity index (χ0) is 11.7. The van der Waals surface area contributed by atoms with Gasteiger partial charge in [0.05, 0.1) is 4.88 Å². The van der Waals surface area contributed by atoms with Gasteiger partial charge in [-0.25, -0.2) is 4.98 Å². The number of ketones is 1. The van der Waals surface area contributed by atoms with Gasteiger partial charge in [0.25, 0.3) is 0 Å². The highest BCUT2D eigenvalue weighted by Gasteiger charge is 2.15. The summed E-state index contributed by atoms with van der Waals surface area (Å²) in [6.45, 7) is 3.53. The van der Waals surface area contributed by atoms with E-state index in [0.717, 1.165) is 10.4 Å². The lowest BCUT2D eigenvalue weighted by Gasteiger charge is -1.99. The number of nitrogens with zero attached hydrogens (tertiary/aromatic N) is 1. The van der Waals surface area contributed by atoms with Gasteiger partial charge in [-0.1, -0.05) is 41.4 Å². The first-order chi connectivity index (χ1) is 7.58. The maximum Gasteiger partial charge on any atom is 0.184 e. The average molecular weight is 252 g/mol. The van der Waals surface area contributed by atoms with Crippen LogP contribution in [-0.2, 0) is 0 Å². The number of halogens is 1. The molecule has 2 rings (SSSR count). The number of carbonyl (C=O) groups is 1. The van der Waals surface area contributed by atoms with Gasteiger partial charge in [0.1, 0.15) is 5.69 Å². The van der Waals surface area contributed by atoms with Gasteiger partial charge < -0.3 is 0 Å². The largest absolute Gasteiger partial charge is 0.293 e. The number of aromatic nitrogens is 1. The fourth-order valence-electron chi connectivity index (χ4n) is 1.43. The van der Waals surface area contributed by atoms with Gasteiger partial charge in [-0.05, 0) is 12.5 Å². The molecule has 0 N–H and O–H groups in total. The Kier molecular flexibility index (Phi) is 3.08.